The summed E-state index contributed by atoms with van der Waals surface area (Å²) in [6.45, 7) is 0. The van der Waals surface area contributed by atoms with Gasteiger partial charge in [-0.3, -0.25) is 0 Å². The molecule has 0 radical (unpaired) electrons. The Bertz CT molecular complexity index is 740. The van der Waals surface area contributed by atoms with Crippen molar-refractivity contribution >= 4 is 27.5 Å². The highest BCUT2D eigenvalue weighted by molar-refractivity contribution is 7.16. The first kappa shape index (κ1) is 10.9. The molecule has 1 N–H and O–H groups in total. The molecule has 1 aliphatic carbocycles. The SMILES string of the molecule is CNc1nc(-n2ccc(C3CC3)n2)c2ccsc2n1. The number of anilines is 1. The summed E-state index contributed by atoms with van der Waals surface area (Å²) in [6, 6.07) is 4.14. The second-order valence-electron chi connectivity index (χ2n) is 4.72. The molecule has 1 fully saturated rings. The summed E-state index contributed by atoms with van der Waals surface area (Å²) in [7, 11) is 1.83. The van der Waals surface area contributed by atoms with E-state index in [2.05, 4.69) is 26.4 Å². The van der Waals surface area contributed by atoms with Crippen LogP contribution in [0.3, 0.4) is 0 Å². The van der Waals surface area contributed by atoms with Crippen molar-refractivity contribution in [1.82, 2.24) is 19.7 Å². The van der Waals surface area contributed by atoms with E-state index in [-0.39, 0.29) is 0 Å². The Morgan fingerprint density at radius 1 is 1.32 bits per heavy atom. The van der Waals surface area contributed by atoms with Gasteiger partial charge in [-0.15, -0.1) is 11.3 Å². The predicted octanol–water partition coefficient (Wildman–Crippen LogP) is 2.80. The maximum absolute atomic E-state index is 4.65. The Morgan fingerprint density at radius 3 is 3.00 bits per heavy atom. The average Bonchev–Trinajstić information content (AvgIpc) is 3.00. The molecule has 3 heterocycles. The summed E-state index contributed by atoms with van der Waals surface area (Å²) < 4.78 is 1.87. The molecule has 1 aliphatic rings. The molecule has 19 heavy (non-hydrogen) atoms. The van der Waals surface area contributed by atoms with Crippen LogP contribution in [-0.4, -0.2) is 26.8 Å². The van der Waals surface area contributed by atoms with Crippen LogP contribution >= 0.6 is 11.3 Å². The molecule has 4 rings (SSSR count). The number of hydrogen-bond donors (Lipinski definition) is 1. The first-order valence-electron chi connectivity index (χ1n) is 6.34. The summed E-state index contributed by atoms with van der Waals surface area (Å²) in [5.41, 5.74) is 1.17. The molecule has 5 nitrogen and oxygen atoms in total. The van der Waals surface area contributed by atoms with E-state index in [1.807, 2.05) is 29.4 Å². The van der Waals surface area contributed by atoms with E-state index >= 15 is 0 Å². The molecule has 3 aromatic rings. The van der Waals surface area contributed by atoms with Gasteiger partial charge in [0, 0.05) is 19.2 Å². The predicted molar refractivity (Wildman–Crippen MR) is 76.1 cm³/mol. The van der Waals surface area contributed by atoms with Crippen LogP contribution in [0.15, 0.2) is 23.7 Å². The third-order valence-electron chi connectivity index (χ3n) is 3.35. The topological polar surface area (TPSA) is 55.6 Å². The van der Waals surface area contributed by atoms with Crippen LogP contribution < -0.4 is 5.32 Å². The van der Waals surface area contributed by atoms with E-state index in [1.165, 1.54) is 18.5 Å². The van der Waals surface area contributed by atoms with Gasteiger partial charge in [-0.2, -0.15) is 10.1 Å². The highest BCUT2D eigenvalue weighted by Gasteiger charge is 2.26. The molecule has 0 atom stereocenters. The Kier molecular flexibility index (Phi) is 2.32. The van der Waals surface area contributed by atoms with Gasteiger partial charge in [-0.1, -0.05) is 0 Å². The second kappa shape index (κ2) is 4.03. The molecule has 0 saturated heterocycles. The van der Waals surface area contributed by atoms with Crippen molar-refractivity contribution in [3.63, 3.8) is 0 Å². The molecule has 0 bridgehead atoms. The van der Waals surface area contributed by atoms with Crippen LogP contribution in [0.5, 0.6) is 0 Å². The van der Waals surface area contributed by atoms with Gasteiger partial charge in [0.1, 0.15) is 4.83 Å². The maximum Gasteiger partial charge on any atom is 0.225 e. The minimum absolute atomic E-state index is 0.633. The van der Waals surface area contributed by atoms with Crippen molar-refractivity contribution in [1.29, 1.82) is 0 Å². The molecular weight excluding hydrogens is 258 g/mol. The molecular formula is C13H13N5S. The first-order chi connectivity index (χ1) is 9.35. The summed E-state index contributed by atoms with van der Waals surface area (Å²) in [4.78, 5) is 9.97. The Labute approximate surface area is 114 Å². The van der Waals surface area contributed by atoms with Gasteiger partial charge in [-0.25, -0.2) is 9.67 Å². The van der Waals surface area contributed by atoms with Gasteiger partial charge in [0.15, 0.2) is 5.82 Å². The zero-order valence-electron chi connectivity index (χ0n) is 10.5. The quantitative estimate of drug-likeness (QED) is 0.796. The summed E-state index contributed by atoms with van der Waals surface area (Å²) in [5, 5.41) is 10.7. The Hall–Kier alpha value is -1.95. The van der Waals surface area contributed by atoms with Gasteiger partial charge in [0.2, 0.25) is 5.95 Å². The summed E-state index contributed by atoms with van der Waals surface area (Å²) in [5.74, 6) is 2.14. The smallest absolute Gasteiger partial charge is 0.225 e. The van der Waals surface area contributed by atoms with Gasteiger partial charge >= 0.3 is 0 Å². The fraction of sp³-hybridized carbons (Fsp3) is 0.308. The number of nitrogens with zero attached hydrogens (tertiary/aromatic N) is 4. The van der Waals surface area contributed by atoms with E-state index in [0.29, 0.717) is 11.9 Å². The monoisotopic (exact) mass is 271 g/mol. The second-order valence-corrected chi connectivity index (χ2v) is 5.61. The molecule has 3 aromatic heterocycles. The lowest BCUT2D eigenvalue weighted by Gasteiger charge is -2.05. The van der Waals surface area contributed by atoms with E-state index in [0.717, 1.165) is 16.0 Å². The summed E-state index contributed by atoms with van der Waals surface area (Å²) >= 11 is 1.62. The molecule has 96 valence electrons. The zero-order valence-corrected chi connectivity index (χ0v) is 11.3. The van der Waals surface area contributed by atoms with Crippen LogP contribution in [0, 0.1) is 0 Å². The lowest BCUT2D eigenvalue weighted by atomic mass is 10.3. The molecule has 0 aromatic carbocycles. The van der Waals surface area contributed by atoms with Crippen LogP contribution in [0.1, 0.15) is 24.5 Å². The molecule has 0 unspecified atom stereocenters. The minimum atomic E-state index is 0.633. The molecule has 0 aliphatic heterocycles. The van der Waals surface area contributed by atoms with E-state index in [9.17, 15) is 0 Å². The Balaban J connectivity index is 1.89. The van der Waals surface area contributed by atoms with Crippen molar-refractivity contribution in [3.05, 3.63) is 29.4 Å². The van der Waals surface area contributed by atoms with Crippen molar-refractivity contribution in [3.8, 4) is 5.82 Å². The van der Waals surface area contributed by atoms with Crippen molar-refractivity contribution in [2.75, 3.05) is 12.4 Å². The van der Waals surface area contributed by atoms with Crippen molar-refractivity contribution < 1.29 is 0 Å². The third kappa shape index (κ3) is 1.79. The zero-order chi connectivity index (χ0) is 12.8. The lowest BCUT2D eigenvalue weighted by molar-refractivity contribution is 0.818. The standard InChI is InChI=1S/C13H13N5S/c1-14-13-15-11(9-5-7-19-12(9)16-13)18-6-4-10(17-18)8-2-3-8/h4-8H,2-3H2,1H3,(H,14,15,16). The highest BCUT2D eigenvalue weighted by atomic mass is 32.1. The number of rotatable bonds is 3. The lowest BCUT2D eigenvalue weighted by Crippen LogP contribution is -2.04. The van der Waals surface area contributed by atoms with Crippen LogP contribution in [0.4, 0.5) is 5.95 Å². The number of thiophene rings is 1. The summed E-state index contributed by atoms with van der Waals surface area (Å²) in [6.07, 6.45) is 4.51. The molecule has 0 amide bonds. The van der Waals surface area contributed by atoms with Crippen molar-refractivity contribution in [2.45, 2.75) is 18.8 Å². The third-order valence-corrected chi connectivity index (χ3v) is 4.16. The highest BCUT2D eigenvalue weighted by Crippen LogP contribution is 2.39. The number of hydrogen-bond acceptors (Lipinski definition) is 5. The van der Waals surface area contributed by atoms with Crippen LogP contribution in [0.25, 0.3) is 16.0 Å². The fourth-order valence-electron chi connectivity index (χ4n) is 2.18. The van der Waals surface area contributed by atoms with E-state index < -0.39 is 0 Å². The van der Waals surface area contributed by atoms with Gasteiger partial charge in [0.05, 0.1) is 11.1 Å². The van der Waals surface area contributed by atoms with E-state index in [4.69, 9.17) is 0 Å². The van der Waals surface area contributed by atoms with Gasteiger partial charge in [-0.05, 0) is 30.4 Å². The first-order valence-corrected chi connectivity index (χ1v) is 7.22. The number of nitrogens with one attached hydrogen (secondary N) is 1. The fourth-order valence-corrected chi connectivity index (χ4v) is 2.94. The Morgan fingerprint density at radius 2 is 2.21 bits per heavy atom. The molecule has 1 saturated carbocycles. The number of aromatic nitrogens is 4. The van der Waals surface area contributed by atoms with Crippen molar-refractivity contribution in [2.24, 2.45) is 0 Å². The number of fused-ring (bicyclic) bond motifs is 1. The normalized spacial score (nSPS) is 15.0. The van der Waals surface area contributed by atoms with Crippen LogP contribution in [-0.2, 0) is 0 Å². The maximum atomic E-state index is 4.65. The van der Waals surface area contributed by atoms with Gasteiger partial charge in [0.25, 0.3) is 0 Å². The molecule has 6 heteroatoms. The minimum Gasteiger partial charge on any atom is -0.357 e. The van der Waals surface area contributed by atoms with Crippen LogP contribution in [0.2, 0.25) is 0 Å². The van der Waals surface area contributed by atoms with Gasteiger partial charge < -0.3 is 5.32 Å². The molecule has 0 spiro atoms. The largest absolute Gasteiger partial charge is 0.357 e. The van der Waals surface area contributed by atoms with E-state index in [1.54, 1.807) is 11.3 Å². The average molecular weight is 271 g/mol.